The van der Waals surface area contributed by atoms with Crippen molar-refractivity contribution in [1.82, 2.24) is 10.2 Å². The highest BCUT2D eigenvalue weighted by Crippen LogP contribution is 2.42. The summed E-state index contributed by atoms with van der Waals surface area (Å²) < 4.78 is 0. The lowest BCUT2D eigenvalue weighted by atomic mass is 9.69. The maximum atomic E-state index is 11.6. The Labute approximate surface area is 140 Å². The molecule has 0 radical (unpaired) electrons. The van der Waals surface area contributed by atoms with E-state index < -0.39 is 17.5 Å². The number of rotatable bonds is 2. The fraction of sp³-hybridized carbons (Fsp3) is 0.316. The van der Waals surface area contributed by atoms with Crippen molar-refractivity contribution in [3.05, 3.63) is 59.9 Å². The first-order valence-electron chi connectivity index (χ1n) is 7.88. The molecule has 3 rings (SSSR count). The molecule has 0 spiro atoms. The van der Waals surface area contributed by atoms with Gasteiger partial charge in [-0.25, -0.2) is 0 Å². The van der Waals surface area contributed by atoms with Crippen LogP contribution in [0.2, 0.25) is 0 Å². The molecule has 1 fully saturated rings. The summed E-state index contributed by atoms with van der Waals surface area (Å²) in [4.78, 5) is 11.6. The van der Waals surface area contributed by atoms with Gasteiger partial charge in [0.1, 0.15) is 11.3 Å². The summed E-state index contributed by atoms with van der Waals surface area (Å²) in [5.74, 6) is 4.13. The number of carboxylic acids is 1. The van der Waals surface area contributed by atoms with E-state index in [4.69, 9.17) is 0 Å². The van der Waals surface area contributed by atoms with E-state index in [1.165, 1.54) is 0 Å². The van der Waals surface area contributed by atoms with Gasteiger partial charge in [0.05, 0.1) is 5.92 Å². The number of aromatic nitrogens is 2. The highest BCUT2D eigenvalue weighted by atomic mass is 16.4. The molecule has 122 valence electrons. The number of carboxylic acid groups (broad SMARTS) is 1. The van der Waals surface area contributed by atoms with Crippen molar-refractivity contribution < 1.29 is 15.0 Å². The molecule has 1 aromatic heterocycles. The van der Waals surface area contributed by atoms with E-state index in [0.29, 0.717) is 25.0 Å². The van der Waals surface area contributed by atoms with Crippen molar-refractivity contribution in [3.63, 3.8) is 0 Å². The predicted octanol–water partition coefficient (Wildman–Crippen LogP) is 2.23. The minimum Gasteiger partial charge on any atom is -0.481 e. The van der Waals surface area contributed by atoms with Gasteiger partial charge in [-0.15, -0.1) is 5.10 Å². The number of nitrogens with zero attached hydrogens (tertiary/aromatic N) is 2. The van der Waals surface area contributed by atoms with E-state index in [-0.39, 0.29) is 5.92 Å². The van der Waals surface area contributed by atoms with Gasteiger partial charge in [-0.2, -0.15) is 5.10 Å². The van der Waals surface area contributed by atoms with Gasteiger partial charge in [-0.3, -0.25) is 4.79 Å². The minimum atomic E-state index is -1.22. The zero-order chi connectivity index (χ0) is 17.0. The molecule has 0 bridgehead atoms. The Balaban J connectivity index is 1.87. The van der Waals surface area contributed by atoms with E-state index in [1.54, 1.807) is 18.3 Å². The van der Waals surface area contributed by atoms with Crippen molar-refractivity contribution in [2.24, 2.45) is 5.92 Å². The average Bonchev–Trinajstić information content (AvgIpc) is 2.61. The van der Waals surface area contributed by atoms with Crippen LogP contribution in [0.3, 0.4) is 0 Å². The molecule has 2 N–H and O–H groups in total. The largest absolute Gasteiger partial charge is 0.481 e. The van der Waals surface area contributed by atoms with E-state index in [2.05, 4.69) is 22.0 Å². The lowest BCUT2D eigenvalue weighted by molar-refractivity contribution is -0.145. The van der Waals surface area contributed by atoms with Gasteiger partial charge in [0.15, 0.2) is 0 Å². The molecule has 5 nitrogen and oxygen atoms in total. The minimum absolute atomic E-state index is 0.265. The van der Waals surface area contributed by atoms with Crippen molar-refractivity contribution in [1.29, 1.82) is 0 Å². The van der Waals surface area contributed by atoms with Crippen LogP contribution in [0.1, 0.15) is 36.4 Å². The summed E-state index contributed by atoms with van der Waals surface area (Å²) in [6, 6.07) is 12.9. The van der Waals surface area contributed by atoms with Crippen LogP contribution in [0, 0.1) is 17.8 Å². The third kappa shape index (κ3) is 3.61. The smallest absolute Gasteiger partial charge is 0.307 e. The average molecular weight is 322 g/mol. The zero-order valence-electron chi connectivity index (χ0n) is 13.1. The molecule has 3 atom stereocenters. The maximum Gasteiger partial charge on any atom is 0.307 e. The monoisotopic (exact) mass is 322 g/mol. The van der Waals surface area contributed by atoms with Crippen LogP contribution in [0.5, 0.6) is 0 Å². The fourth-order valence-corrected chi connectivity index (χ4v) is 3.21. The Morgan fingerprint density at radius 3 is 2.67 bits per heavy atom. The first-order valence-corrected chi connectivity index (χ1v) is 7.88. The molecule has 0 aliphatic heterocycles. The van der Waals surface area contributed by atoms with Gasteiger partial charge < -0.3 is 10.2 Å². The summed E-state index contributed by atoms with van der Waals surface area (Å²) in [5.41, 5.74) is 0.191. The van der Waals surface area contributed by atoms with Gasteiger partial charge in [0.2, 0.25) is 0 Å². The van der Waals surface area contributed by atoms with Gasteiger partial charge >= 0.3 is 5.97 Å². The first-order chi connectivity index (χ1) is 11.6. The van der Waals surface area contributed by atoms with E-state index >= 15 is 0 Å². The van der Waals surface area contributed by atoms with Gasteiger partial charge in [-0.1, -0.05) is 36.3 Å². The molecule has 1 aliphatic carbocycles. The summed E-state index contributed by atoms with van der Waals surface area (Å²) in [5, 5.41) is 28.0. The molecule has 5 heteroatoms. The number of benzene rings is 1. The molecule has 1 heterocycles. The lowest BCUT2D eigenvalue weighted by Crippen LogP contribution is -2.39. The number of aliphatic carboxylic acids is 1. The Morgan fingerprint density at radius 1 is 1.21 bits per heavy atom. The summed E-state index contributed by atoms with van der Waals surface area (Å²) in [6.45, 7) is 0. The molecule has 2 aromatic rings. The first kappa shape index (κ1) is 16.2. The number of hydrogen-bond acceptors (Lipinski definition) is 4. The molecular formula is C19H18N2O3. The van der Waals surface area contributed by atoms with Crippen LogP contribution in [-0.4, -0.2) is 32.0 Å². The second kappa shape index (κ2) is 6.81. The van der Waals surface area contributed by atoms with E-state index in [9.17, 15) is 15.0 Å². The van der Waals surface area contributed by atoms with Crippen LogP contribution in [0.25, 0.3) is 0 Å². The number of carbonyl (C=O) groups is 1. The fourth-order valence-electron chi connectivity index (χ4n) is 3.21. The topological polar surface area (TPSA) is 83.3 Å². The number of hydrogen-bond donors (Lipinski definition) is 2. The molecule has 1 saturated carbocycles. The SMILES string of the molecule is O=C(O)[C@@H]1CCC(O)(C#Cc2cccnn2)C[C@H]1c1ccccc1. The van der Waals surface area contributed by atoms with Crippen molar-refractivity contribution >= 4 is 5.97 Å². The maximum absolute atomic E-state index is 11.6. The Kier molecular flexibility index (Phi) is 4.59. The van der Waals surface area contributed by atoms with E-state index in [1.807, 2.05) is 30.3 Å². The highest BCUT2D eigenvalue weighted by Gasteiger charge is 2.42. The third-order valence-corrected chi connectivity index (χ3v) is 4.45. The highest BCUT2D eigenvalue weighted by molar-refractivity contribution is 5.71. The van der Waals surface area contributed by atoms with Crippen LogP contribution in [0.15, 0.2) is 48.7 Å². The van der Waals surface area contributed by atoms with Gasteiger partial charge in [-0.05, 0) is 42.9 Å². The summed E-state index contributed by atoms with van der Waals surface area (Å²) >= 11 is 0. The van der Waals surface area contributed by atoms with Crippen LogP contribution >= 0.6 is 0 Å². The molecule has 1 aromatic carbocycles. The Bertz CT molecular complexity index is 767. The zero-order valence-corrected chi connectivity index (χ0v) is 13.1. The molecule has 24 heavy (non-hydrogen) atoms. The molecule has 1 aliphatic rings. The molecule has 0 saturated heterocycles. The van der Waals surface area contributed by atoms with Crippen LogP contribution < -0.4 is 0 Å². The Morgan fingerprint density at radius 2 is 2.00 bits per heavy atom. The normalized spacial score (nSPS) is 26.2. The molecule has 0 amide bonds. The van der Waals surface area contributed by atoms with Crippen LogP contribution in [-0.2, 0) is 4.79 Å². The van der Waals surface area contributed by atoms with Crippen LogP contribution in [0.4, 0.5) is 0 Å². The van der Waals surface area contributed by atoms with Crippen molar-refractivity contribution in [2.75, 3.05) is 0 Å². The summed E-state index contributed by atoms with van der Waals surface area (Å²) in [6.07, 6.45) is 2.58. The van der Waals surface area contributed by atoms with Gasteiger partial charge in [0, 0.05) is 12.1 Å². The van der Waals surface area contributed by atoms with E-state index in [0.717, 1.165) is 5.56 Å². The second-order valence-corrected chi connectivity index (χ2v) is 6.10. The molecular weight excluding hydrogens is 304 g/mol. The van der Waals surface area contributed by atoms with Gasteiger partial charge in [0.25, 0.3) is 0 Å². The van der Waals surface area contributed by atoms with Crippen molar-refractivity contribution in [2.45, 2.75) is 30.8 Å². The third-order valence-electron chi connectivity index (χ3n) is 4.45. The summed E-state index contributed by atoms with van der Waals surface area (Å²) in [7, 11) is 0. The molecule has 1 unspecified atom stereocenters. The van der Waals surface area contributed by atoms with Crippen molar-refractivity contribution in [3.8, 4) is 11.8 Å². The quantitative estimate of drug-likeness (QED) is 0.829. The number of aliphatic hydroxyl groups is 1. The Hall–Kier alpha value is -2.71. The predicted molar refractivity (Wildman–Crippen MR) is 88.0 cm³/mol. The lowest BCUT2D eigenvalue weighted by Gasteiger charge is -2.37. The standard InChI is InChI=1S/C19H18N2O3/c22-18(23)16-9-11-19(24,10-8-15-7-4-12-20-21-15)13-17(16)14-5-2-1-3-6-14/h1-7,12,16-17,24H,9,11,13H2,(H,22,23)/t16-,17+,19?/m1/s1. The second-order valence-electron chi connectivity index (χ2n) is 6.10.